The van der Waals surface area contributed by atoms with Crippen LogP contribution < -0.4 is 5.32 Å². The van der Waals surface area contributed by atoms with E-state index in [1.54, 1.807) is 0 Å². The Bertz CT molecular complexity index is 688. The fraction of sp³-hybridized carbons (Fsp3) is 0.286. The Morgan fingerprint density at radius 3 is 2.80 bits per heavy atom. The quantitative estimate of drug-likeness (QED) is 0.717. The number of aryl methyl sites for hydroxylation is 2. The monoisotopic (exact) mass is 268 g/mol. The second kappa shape index (κ2) is 5.64. The number of nitrogens with one attached hydrogen (secondary N) is 1. The van der Waals surface area contributed by atoms with Crippen LogP contribution in [0.15, 0.2) is 36.4 Å². The Balaban J connectivity index is 1.54. The number of anilines is 1. The Hall–Kier alpha value is -2.50. The van der Waals surface area contributed by atoms with E-state index in [0.717, 1.165) is 42.1 Å². The minimum absolute atomic E-state index is 0.805. The topological polar surface area (TPSA) is 68.5 Å². The van der Waals surface area contributed by atoms with Crippen LogP contribution in [0.5, 0.6) is 0 Å². The molecule has 0 fully saturated rings. The lowest BCUT2D eigenvalue weighted by molar-refractivity contribution is 0.585. The SMILES string of the molecule is Cc1ccc(NCCCn2nnc3ccccc32)nn1. The molecule has 2 heterocycles. The normalized spacial score (nSPS) is 10.8. The summed E-state index contributed by atoms with van der Waals surface area (Å²) in [6.45, 7) is 3.57. The molecule has 0 atom stereocenters. The molecule has 20 heavy (non-hydrogen) atoms. The second-order valence-electron chi connectivity index (χ2n) is 4.64. The molecule has 0 amide bonds. The van der Waals surface area contributed by atoms with Crippen LogP contribution in [0.1, 0.15) is 12.1 Å². The first-order valence-electron chi connectivity index (χ1n) is 6.65. The van der Waals surface area contributed by atoms with Gasteiger partial charge in [0.2, 0.25) is 0 Å². The van der Waals surface area contributed by atoms with Gasteiger partial charge in [-0.3, -0.25) is 0 Å². The first-order chi connectivity index (χ1) is 9.83. The lowest BCUT2D eigenvalue weighted by atomic mass is 10.3. The van der Waals surface area contributed by atoms with Crippen LogP contribution in [-0.2, 0) is 6.54 Å². The third-order valence-electron chi connectivity index (χ3n) is 3.07. The molecule has 1 N–H and O–H groups in total. The van der Waals surface area contributed by atoms with Gasteiger partial charge in [-0.15, -0.1) is 10.2 Å². The van der Waals surface area contributed by atoms with Crippen LogP contribution in [0.3, 0.4) is 0 Å². The van der Waals surface area contributed by atoms with Gasteiger partial charge in [0.25, 0.3) is 0 Å². The van der Waals surface area contributed by atoms with Crippen molar-refractivity contribution in [2.24, 2.45) is 0 Å². The molecule has 0 aliphatic carbocycles. The zero-order valence-corrected chi connectivity index (χ0v) is 11.3. The summed E-state index contributed by atoms with van der Waals surface area (Å²) in [5, 5.41) is 19.6. The Kier molecular flexibility index (Phi) is 3.54. The summed E-state index contributed by atoms with van der Waals surface area (Å²) >= 11 is 0. The molecule has 0 unspecified atom stereocenters. The van der Waals surface area contributed by atoms with E-state index in [-0.39, 0.29) is 0 Å². The summed E-state index contributed by atoms with van der Waals surface area (Å²) in [5.74, 6) is 0.805. The molecule has 0 bridgehead atoms. The molecule has 0 saturated carbocycles. The molecule has 102 valence electrons. The maximum Gasteiger partial charge on any atom is 0.148 e. The van der Waals surface area contributed by atoms with E-state index in [0.29, 0.717) is 0 Å². The van der Waals surface area contributed by atoms with E-state index in [4.69, 9.17) is 0 Å². The van der Waals surface area contributed by atoms with E-state index in [2.05, 4.69) is 25.8 Å². The predicted octanol–water partition coefficient (Wildman–Crippen LogP) is 2.03. The number of rotatable bonds is 5. The molecule has 3 rings (SSSR count). The standard InChI is InChI=1S/C14H16N6/c1-11-7-8-14(18-16-11)15-9-4-10-20-13-6-3-2-5-12(13)17-19-20/h2-3,5-8H,4,9-10H2,1H3,(H,15,18). The highest BCUT2D eigenvalue weighted by Gasteiger charge is 2.02. The molecule has 0 aliphatic heterocycles. The summed E-state index contributed by atoms with van der Waals surface area (Å²) < 4.78 is 1.93. The summed E-state index contributed by atoms with van der Waals surface area (Å²) in [6, 6.07) is 11.9. The average Bonchev–Trinajstić information content (AvgIpc) is 2.89. The fourth-order valence-electron chi connectivity index (χ4n) is 2.02. The van der Waals surface area contributed by atoms with Crippen molar-refractivity contribution in [1.29, 1.82) is 0 Å². The van der Waals surface area contributed by atoms with Gasteiger partial charge in [0.05, 0.1) is 11.2 Å². The highest BCUT2D eigenvalue weighted by molar-refractivity contribution is 5.73. The lowest BCUT2D eigenvalue weighted by Gasteiger charge is -2.05. The molecule has 6 heteroatoms. The Morgan fingerprint density at radius 2 is 1.95 bits per heavy atom. The van der Waals surface area contributed by atoms with Gasteiger partial charge in [-0.2, -0.15) is 5.10 Å². The van der Waals surface area contributed by atoms with E-state index in [1.165, 1.54) is 0 Å². The predicted molar refractivity (Wildman–Crippen MR) is 77.4 cm³/mol. The second-order valence-corrected chi connectivity index (χ2v) is 4.64. The molecule has 2 aromatic heterocycles. The van der Waals surface area contributed by atoms with E-state index >= 15 is 0 Å². The van der Waals surface area contributed by atoms with Crippen LogP contribution in [-0.4, -0.2) is 31.7 Å². The van der Waals surface area contributed by atoms with Gasteiger partial charge < -0.3 is 5.32 Å². The molecule has 3 aromatic rings. The van der Waals surface area contributed by atoms with Crippen molar-refractivity contribution in [3.05, 3.63) is 42.1 Å². The Morgan fingerprint density at radius 1 is 1.05 bits per heavy atom. The van der Waals surface area contributed by atoms with Gasteiger partial charge in [0.1, 0.15) is 11.3 Å². The summed E-state index contributed by atoms with van der Waals surface area (Å²) in [5.41, 5.74) is 2.93. The number of para-hydroxylation sites is 1. The lowest BCUT2D eigenvalue weighted by Crippen LogP contribution is -2.09. The molecular weight excluding hydrogens is 252 g/mol. The van der Waals surface area contributed by atoms with E-state index in [1.807, 2.05) is 48.0 Å². The highest BCUT2D eigenvalue weighted by atomic mass is 15.4. The summed E-state index contributed by atoms with van der Waals surface area (Å²) in [7, 11) is 0. The number of hydrogen-bond acceptors (Lipinski definition) is 5. The van der Waals surface area contributed by atoms with Crippen molar-refractivity contribution >= 4 is 16.9 Å². The zero-order valence-electron chi connectivity index (χ0n) is 11.3. The van der Waals surface area contributed by atoms with Crippen LogP contribution in [0, 0.1) is 6.92 Å². The van der Waals surface area contributed by atoms with Gasteiger partial charge in [-0.25, -0.2) is 4.68 Å². The van der Waals surface area contributed by atoms with Crippen molar-refractivity contribution in [3.63, 3.8) is 0 Å². The first-order valence-corrected chi connectivity index (χ1v) is 6.65. The van der Waals surface area contributed by atoms with Crippen LogP contribution >= 0.6 is 0 Å². The summed E-state index contributed by atoms with van der Waals surface area (Å²) in [4.78, 5) is 0. The maximum absolute atomic E-state index is 4.16. The van der Waals surface area contributed by atoms with Crippen molar-refractivity contribution < 1.29 is 0 Å². The van der Waals surface area contributed by atoms with Gasteiger partial charge in [-0.05, 0) is 37.6 Å². The maximum atomic E-state index is 4.16. The van der Waals surface area contributed by atoms with Crippen LogP contribution in [0.4, 0.5) is 5.82 Å². The number of nitrogens with zero attached hydrogens (tertiary/aromatic N) is 5. The van der Waals surface area contributed by atoms with E-state index in [9.17, 15) is 0 Å². The van der Waals surface area contributed by atoms with Crippen LogP contribution in [0.25, 0.3) is 11.0 Å². The molecule has 0 spiro atoms. The number of benzene rings is 1. The number of hydrogen-bond donors (Lipinski definition) is 1. The smallest absolute Gasteiger partial charge is 0.148 e. The number of fused-ring (bicyclic) bond motifs is 1. The third-order valence-corrected chi connectivity index (χ3v) is 3.07. The van der Waals surface area contributed by atoms with Crippen molar-refractivity contribution in [3.8, 4) is 0 Å². The minimum Gasteiger partial charge on any atom is -0.369 e. The third kappa shape index (κ3) is 2.74. The molecular formula is C14H16N6. The average molecular weight is 268 g/mol. The van der Waals surface area contributed by atoms with Gasteiger partial charge >= 0.3 is 0 Å². The van der Waals surface area contributed by atoms with Crippen molar-refractivity contribution in [2.75, 3.05) is 11.9 Å². The van der Waals surface area contributed by atoms with E-state index < -0.39 is 0 Å². The van der Waals surface area contributed by atoms with Crippen molar-refractivity contribution in [2.45, 2.75) is 19.9 Å². The largest absolute Gasteiger partial charge is 0.369 e. The van der Waals surface area contributed by atoms with Crippen LogP contribution in [0.2, 0.25) is 0 Å². The molecule has 0 aliphatic rings. The molecule has 0 saturated heterocycles. The first kappa shape index (κ1) is 12.5. The minimum atomic E-state index is 0.805. The fourth-order valence-corrected chi connectivity index (χ4v) is 2.02. The zero-order chi connectivity index (χ0) is 13.8. The highest BCUT2D eigenvalue weighted by Crippen LogP contribution is 2.10. The molecule has 1 aromatic carbocycles. The molecule has 6 nitrogen and oxygen atoms in total. The summed E-state index contributed by atoms with van der Waals surface area (Å²) in [6.07, 6.45) is 0.947. The van der Waals surface area contributed by atoms with Gasteiger partial charge in [0.15, 0.2) is 0 Å². The van der Waals surface area contributed by atoms with Crippen molar-refractivity contribution in [1.82, 2.24) is 25.2 Å². The van der Waals surface area contributed by atoms with Gasteiger partial charge in [0, 0.05) is 13.1 Å². The number of aromatic nitrogens is 5. The Labute approximate surface area is 116 Å². The van der Waals surface area contributed by atoms with Gasteiger partial charge in [-0.1, -0.05) is 17.3 Å². The molecule has 0 radical (unpaired) electrons.